The minimum atomic E-state index is -0.921. The highest BCUT2D eigenvalue weighted by Gasteiger charge is 2.24. The van der Waals surface area contributed by atoms with Gasteiger partial charge in [0.25, 0.3) is 0 Å². The maximum atomic E-state index is 12.1. The number of nitrogens with one attached hydrogen (secondary N) is 2. The summed E-state index contributed by atoms with van der Waals surface area (Å²) in [7, 11) is 0. The molecule has 1 heterocycles. The summed E-state index contributed by atoms with van der Waals surface area (Å²) < 4.78 is 0. The molecule has 0 aromatic heterocycles. The fraction of sp³-hybridized carbons (Fsp3) is 0.500. The second-order valence-corrected chi connectivity index (χ2v) is 5.62. The van der Waals surface area contributed by atoms with E-state index in [0.717, 1.165) is 24.9 Å². The molecule has 2 rings (SSSR count). The van der Waals surface area contributed by atoms with E-state index in [2.05, 4.69) is 17.6 Å². The molecule has 0 bridgehead atoms. The molecular weight excluding hydrogens is 268 g/mol. The molecule has 1 amide bonds. The van der Waals surface area contributed by atoms with Crippen molar-refractivity contribution >= 4 is 11.9 Å². The summed E-state index contributed by atoms with van der Waals surface area (Å²) in [5.74, 6) is -0.684. The Balaban J connectivity index is 1.75. The second kappa shape index (κ2) is 7.22. The van der Waals surface area contributed by atoms with Crippen LogP contribution in [0.3, 0.4) is 0 Å². The molecule has 5 heteroatoms. The largest absolute Gasteiger partial charge is 0.478 e. The number of carbonyl (C=O) groups is 2. The highest BCUT2D eigenvalue weighted by molar-refractivity contribution is 5.87. The molecule has 0 radical (unpaired) electrons. The Morgan fingerprint density at radius 2 is 2.05 bits per heavy atom. The average molecular weight is 290 g/mol. The van der Waals surface area contributed by atoms with Gasteiger partial charge in [-0.05, 0) is 50.4 Å². The van der Waals surface area contributed by atoms with Crippen LogP contribution in [0.2, 0.25) is 0 Å². The van der Waals surface area contributed by atoms with Crippen molar-refractivity contribution in [2.75, 3.05) is 13.1 Å². The van der Waals surface area contributed by atoms with Crippen molar-refractivity contribution < 1.29 is 14.7 Å². The van der Waals surface area contributed by atoms with Crippen molar-refractivity contribution in [1.82, 2.24) is 10.6 Å². The first-order chi connectivity index (χ1) is 10.1. The van der Waals surface area contributed by atoms with Gasteiger partial charge in [-0.3, -0.25) is 4.79 Å². The van der Waals surface area contributed by atoms with Crippen LogP contribution >= 0.6 is 0 Å². The first-order valence-corrected chi connectivity index (χ1v) is 7.39. The molecule has 0 saturated carbocycles. The zero-order valence-corrected chi connectivity index (χ0v) is 12.3. The highest BCUT2D eigenvalue weighted by atomic mass is 16.4. The first-order valence-electron chi connectivity index (χ1n) is 7.39. The van der Waals surface area contributed by atoms with Crippen LogP contribution in [0.15, 0.2) is 24.3 Å². The van der Waals surface area contributed by atoms with Gasteiger partial charge in [-0.2, -0.15) is 0 Å². The molecule has 5 nitrogen and oxygen atoms in total. The van der Waals surface area contributed by atoms with Gasteiger partial charge in [0, 0.05) is 18.5 Å². The monoisotopic (exact) mass is 290 g/mol. The number of benzene rings is 1. The fourth-order valence-electron chi connectivity index (χ4n) is 2.66. The molecule has 1 fully saturated rings. The van der Waals surface area contributed by atoms with E-state index in [1.807, 2.05) is 0 Å². The Morgan fingerprint density at radius 3 is 2.67 bits per heavy atom. The molecule has 1 aliphatic rings. The smallest absolute Gasteiger partial charge is 0.335 e. The number of hydrogen-bond acceptors (Lipinski definition) is 3. The van der Waals surface area contributed by atoms with Crippen LogP contribution in [-0.2, 0) is 11.2 Å². The molecule has 1 aliphatic heterocycles. The molecule has 1 saturated heterocycles. The number of rotatable bonds is 5. The van der Waals surface area contributed by atoms with Gasteiger partial charge in [0.1, 0.15) is 0 Å². The van der Waals surface area contributed by atoms with Crippen LogP contribution in [0.1, 0.15) is 35.7 Å². The molecular formula is C16H22N2O3. The SMILES string of the molecule is CC1CC(C(=O)NCCc2ccc(C(=O)O)cc2)CCN1. The van der Waals surface area contributed by atoms with Gasteiger partial charge in [0.15, 0.2) is 0 Å². The van der Waals surface area contributed by atoms with E-state index in [-0.39, 0.29) is 17.4 Å². The Labute approximate surface area is 124 Å². The number of carbonyl (C=O) groups excluding carboxylic acids is 1. The standard InChI is InChI=1S/C16H22N2O3/c1-11-10-14(7-9-17-11)15(19)18-8-6-12-2-4-13(5-3-12)16(20)21/h2-5,11,14,17H,6-10H2,1H3,(H,18,19)(H,20,21). The van der Waals surface area contributed by atoms with Gasteiger partial charge in [-0.1, -0.05) is 12.1 Å². The molecule has 1 aromatic rings. The lowest BCUT2D eigenvalue weighted by Crippen LogP contribution is -2.42. The van der Waals surface area contributed by atoms with Crippen LogP contribution < -0.4 is 10.6 Å². The Hall–Kier alpha value is -1.88. The normalized spacial score (nSPS) is 21.8. The number of piperidine rings is 1. The number of hydrogen-bond donors (Lipinski definition) is 3. The summed E-state index contributed by atoms with van der Waals surface area (Å²) in [6, 6.07) is 7.17. The maximum Gasteiger partial charge on any atom is 0.335 e. The lowest BCUT2D eigenvalue weighted by molar-refractivity contribution is -0.126. The number of aromatic carboxylic acids is 1. The highest BCUT2D eigenvalue weighted by Crippen LogP contribution is 2.15. The quantitative estimate of drug-likeness (QED) is 0.766. The molecule has 1 aromatic carbocycles. The molecule has 114 valence electrons. The summed E-state index contributed by atoms with van der Waals surface area (Å²) in [5, 5.41) is 15.1. The van der Waals surface area contributed by atoms with Gasteiger partial charge in [0.2, 0.25) is 5.91 Å². The van der Waals surface area contributed by atoms with E-state index in [4.69, 9.17) is 5.11 Å². The second-order valence-electron chi connectivity index (χ2n) is 5.62. The van der Waals surface area contributed by atoms with Gasteiger partial charge in [-0.25, -0.2) is 4.79 Å². The van der Waals surface area contributed by atoms with E-state index in [0.29, 0.717) is 19.0 Å². The van der Waals surface area contributed by atoms with Crippen LogP contribution in [0.4, 0.5) is 0 Å². The zero-order chi connectivity index (χ0) is 15.2. The molecule has 3 N–H and O–H groups in total. The lowest BCUT2D eigenvalue weighted by Gasteiger charge is -2.27. The third-order valence-electron chi connectivity index (χ3n) is 3.91. The fourth-order valence-corrected chi connectivity index (χ4v) is 2.66. The summed E-state index contributed by atoms with van der Waals surface area (Å²) in [6.45, 7) is 3.59. The molecule has 2 unspecified atom stereocenters. The predicted octanol–water partition coefficient (Wildman–Crippen LogP) is 1.43. The van der Waals surface area contributed by atoms with Gasteiger partial charge in [-0.15, -0.1) is 0 Å². The Kier molecular flexibility index (Phi) is 5.33. The van der Waals surface area contributed by atoms with Crippen molar-refractivity contribution in [3.05, 3.63) is 35.4 Å². The topological polar surface area (TPSA) is 78.4 Å². The van der Waals surface area contributed by atoms with Gasteiger partial charge in [0.05, 0.1) is 5.56 Å². The summed E-state index contributed by atoms with van der Waals surface area (Å²) in [5.41, 5.74) is 1.31. The number of carboxylic acids is 1. The third-order valence-corrected chi connectivity index (χ3v) is 3.91. The van der Waals surface area contributed by atoms with Crippen molar-refractivity contribution in [2.24, 2.45) is 5.92 Å². The Bertz CT molecular complexity index is 499. The van der Waals surface area contributed by atoms with Gasteiger partial charge >= 0.3 is 5.97 Å². The molecule has 0 spiro atoms. The summed E-state index contributed by atoms with van der Waals surface area (Å²) in [4.78, 5) is 22.8. The number of carboxylic acid groups (broad SMARTS) is 1. The van der Waals surface area contributed by atoms with E-state index in [1.165, 1.54) is 0 Å². The van der Waals surface area contributed by atoms with E-state index < -0.39 is 5.97 Å². The number of amides is 1. The third kappa shape index (κ3) is 4.56. The minimum absolute atomic E-state index is 0.107. The van der Waals surface area contributed by atoms with Crippen LogP contribution in [-0.4, -0.2) is 36.1 Å². The van der Waals surface area contributed by atoms with Crippen molar-refractivity contribution in [3.8, 4) is 0 Å². The zero-order valence-electron chi connectivity index (χ0n) is 12.3. The molecule has 2 atom stereocenters. The average Bonchev–Trinajstić information content (AvgIpc) is 2.47. The first kappa shape index (κ1) is 15.5. The van der Waals surface area contributed by atoms with Crippen molar-refractivity contribution in [2.45, 2.75) is 32.2 Å². The van der Waals surface area contributed by atoms with E-state index in [9.17, 15) is 9.59 Å². The van der Waals surface area contributed by atoms with Crippen LogP contribution in [0, 0.1) is 5.92 Å². The minimum Gasteiger partial charge on any atom is -0.478 e. The van der Waals surface area contributed by atoms with Crippen molar-refractivity contribution in [1.29, 1.82) is 0 Å². The maximum absolute atomic E-state index is 12.1. The van der Waals surface area contributed by atoms with E-state index in [1.54, 1.807) is 24.3 Å². The van der Waals surface area contributed by atoms with Crippen molar-refractivity contribution in [3.63, 3.8) is 0 Å². The molecule has 21 heavy (non-hydrogen) atoms. The van der Waals surface area contributed by atoms with Crippen LogP contribution in [0.5, 0.6) is 0 Å². The molecule has 0 aliphatic carbocycles. The van der Waals surface area contributed by atoms with Crippen LogP contribution in [0.25, 0.3) is 0 Å². The van der Waals surface area contributed by atoms with Gasteiger partial charge < -0.3 is 15.7 Å². The van der Waals surface area contributed by atoms with E-state index >= 15 is 0 Å². The summed E-state index contributed by atoms with van der Waals surface area (Å²) >= 11 is 0. The predicted molar refractivity (Wildman–Crippen MR) is 80.3 cm³/mol. The lowest BCUT2D eigenvalue weighted by atomic mass is 9.92. The summed E-state index contributed by atoms with van der Waals surface area (Å²) in [6.07, 6.45) is 2.49. The Morgan fingerprint density at radius 1 is 1.33 bits per heavy atom.